The summed E-state index contributed by atoms with van der Waals surface area (Å²) in [4.78, 5) is 23.7. The first-order chi connectivity index (χ1) is 9.42. The van der Waals surface area contributed by atoms with E-state index in [9.17, 15) is 9.59 Å². The van der Waals surface area contributed by atoms with Crippen LogP contribution in [0.2, 0.25) is 10.0 Å². The number of quaternary nitrogens is 1. The fraction of sp³-hybridized carbons (Fsp3) is 0.385. The molecule has 1 unspecified atom stereocenters. The number of halogens is 2. The van der Waals surface area contributed by atoms with Gasteiger partial charge in [-0.05, 0) is 19.1 Å². The Labute approximate surface area is 128 Å². The van der Waals surface area contributed by atoms with E-state index >= 15 is 0 Å². The molecule has 1 rings (SSSR count). The van der Waals surface area contributed by atoms with Crippen molar-refractivity contribution in [3.63, 3.8) is 0 Å². The average molecular weight is 319 g/mol. The Hall–Kier alpha value is -1.30. The molecular weight excluding hydrogens is 301 g/mol. The smallest absolute Gasteiger partial charge is 0.321 e. The molecule has 3 amide bonds. The molecule has 110 valence electrons. The Kier molecular flexibility index (Phi) is 6.78. The van der Waals surface area contributed by atoms with Gasteiger partial charge in [0.1, 0.15) is 6.54 Å². The van der Waals surface area contributed by atoms with E-state index < -0.39 is 6.03 Å². The molecule has 20 heavy (non-hydrogen) atoms. The van der Waals surface area contributed by atoms with Gasteiger partial charge in [-0.1, -0.05) is 29.3 Å². The zero-order valence-corrected chi connectivity index (χ0v) is 12.9. The second-order valence-corrected chi connectivity index (χ2v) is 5.30. The minimum absolute atomic E-state index is 0.177. The van der Waals surface area contributed by atoms with E-state index in [0.717, 1.165) is 10.5 Å². The normalized spacial score (nSPS) is 11.8. The predicted molar refractivity (Wildman–Crippen MR) is 79.1 cm³/mol. The highest BCUT2D eigenvalue weighted by atomic mass is 35.5. The van der Waals surface area contributed by atoms with Gasteiger partial charge in [-0.25, -0.2) is 4.79 Å². The van der Waals surface area contributed by atoms with Gasteiger partial charge < -0.3 is 10.2 Å². The molecule has 5 nitrogen and oxygen atoms in total. The Bertz CT molecular complexity index is 495. The molecule has 1 aromatic carbocycles. The van der Waals surface area contributed by atoms with Crippen LogP contribution in [0.25, 0.3) is 0 Å². The van der Waals surface area contributed by atoms with Crippen LogP contribution in [-0.4, -0.2) is 32.1 Å². The standard InChI is InChI=1S/C13H17Cl2N3O2/c1-3-16-13(20)17-12(19)8-18(2)7-9-4-5-10(14)6-11(9)15/h4-6H,3,7-8H2,1-2H3,(H2,16,17,19,20)/p+1. The molecular formula is C13H18Cl2N3O2+. The fourth-order valence-corrected chi connectivity index (χ4v) is 2.18. The van der Waals surface area contributed by atoms with Gasteiger partial charge in [-0.3, -0.25) is 10.1 Å². The molecule has 0 saturated heterocycles. The first-order valence-corrected chi connectivity index (χ1v) is 7.01. The van der Waals surface area contributed by atoms with E-state index in [1.54, 1.807) is 19.1 Å². The van der Waals surface area contributed by atoms with Crippen LogP contribution in [0.15, 0.2) is 18.2 Å². The minimum atomic E-state index is -0.477. The lowest BCUT2D eigenvalue weighted by atomic mass is 10.2. The maximum absolute atomic E-state index is 11.6. The third kappa shape index (κ3) is 5.77. The largest absolute Gasteiger partial charge is 0.338 e. The summed E-state index contributed by atoms with van der Waals surface area (Å²) in [5.41, 5.74) is 0.902. The second-order valence-electron chi connectivity index (χ2n) is 4.45. The number of benzene rings is 1. The zero-order valence-electron chi connectivity index (χ0n) is 11.4. The van der Waals surface area contributed by atoms with E-state index in [1.807, 2.05) is 13.1 Å². The second kappa shape index (κ2) is 8.09. The summed E-state index contributed by atoms with van der Waals surface area (Å²) in [6, 6.07) is 4.77. The van der Waals surface area contributed by atoms with Gasteiger partial charge in [0.25, 0.3) is 5.91 Å². The maximum atomic E-state index is 11.6. The Morgan fingerprint density at radius 2 is 2.00 bits per heavy atom. The number of rotatable bonds is 5. The lowest BCUT2D eigenvalue weighted by Crippen LogP contribution is -3.09. The molecule has 1 atom stereocenters. The highest BCUT2D eigenvalue weighted by Crippen LogP contribution is 2.19. The molecule has 7 heteroatoms. The summed E-state index contributed by atoms with van der Waals surface area (Å²) in [5, 5.41) is 5.90. The Morgan fingerprint density at radius 3 is 2.60 bits per heavy atom. The minimum Gasteiger partial charge on any atom is -0.338 e. The van der Waals surface area contributed by atoms with Gasteiger partial charge in [0, 0.05) is 17.1 Å². The number of nitrogens with one attached hydrogen (secondary N) is 3. The summed E-state index contributed by atoms with van der Waals surface area (Å²) in [7, 11) is 1.85. The highest BCUT2D eigenvalue weighted by Gasteiger charge is 2.14. The monoisotopic (exact) mass is 318 g/mol. The number of imide groups is 1. The van der Waals surface area contributed by atoms with Crippen LogP contribution < -0.4 is 15.5 Å². The first-order valence-electron chi connectivity index (χ1n) is 6.25. The molecule has 0 radical (unpaired) electrons. The van der Waals surface area contributed by atoms with Gasteiger partial charge in [0.05, 0.1) is 12.1 Å². The zero-order chi connectivity index (χ0) is 15.1. The summed E-state index contributed by atoms with van der Waals surface area (Å²) >= 11 is 11.9. The maximum Gasteiger partial charge on any atom is 0.321 e. The van der Waals surface area contributed by atoms with Crippen LogP contribution in [0.4, 0.5) is 4.79 Å². The van der Waals surface area contributed by atoms with Crippen LogP contribution >= 0.6 is 23.2 Å². The number of amides is 3. The quantitative estimate of drug-likeness (QED) is 0.754. The van der Waals surface area contributed by atoms with E-state index in [0.29, 0.717) is 23.1 Å². The van der Waals surface area contributed by atoms with Crippen molar-refractivity contribution in [2.75, 3.05) is 20.1 Å². The van der Waals surface area contributed by atoms with Crippen molar-refractivity contribution in [2.45, 2.75) is 13.5 Å². The molecule has 0 bridgehead atoms. The van der Waals surface area contributed by atoms with Crippen LogP contribution in [0, 0.1) is 0 Å². The molecule has 0 saturated carbocycles. The average Bonchev–Trinajstić information content (AvgIpc) is 2.32. The number of hydrogen-bond acceptors (Lipinski definition) is 2. The molecule has 0 aliphatic rings. The number of urea groups is 1. The van der Waals surface area contributed by atoms with Gasteiger partial charge in [0.15, 0.2) is 6.54 Å². The van der Waals surface area contributed by atoms with E-state index in [1.165, 1.54) is 0 Å². The Morgan fingerprint density at radius 1 is 1.30 bits per heavy atom. The molecule has 0 heterocycles. The van der Waals surface area contributed by atoms with Crippen molar-refractivity contribution < 1.29 is 14.5 Å². The summed E-state index contributed by atoms with van der Waals surface area (Å²) in [6.45, 7) is 3.00. The highest BCUT2D eigenvalue weighted by molar-refractivity contribution is 6.35. The van der Waals surface area contributed by atoms with Crippen molar-refractivity contribution in [3.8, 4) is 0 Å². The Balaban J connectivity index is 2.48. The third-order valence-electron chi connectivity index (χ3n) is 2.56. The lowest BCUT2D eigenvalue weighted by Gasteiger charge is -2.14. The number of hydrogen-bond donors (Lipinski definition) is 3. The number of likely N-dealkylation sites (N-methyl/N-ethyl adjacent to an activating group) is 1. The fourth-order valence-electron chi connectivity index (χ4n) is 1.70. The molecule has 0 aromatic heterocycles. The van der Waals surface area contributed by atoms with Crippen molar-refractivity contribution >= 4 is 35.1 Å². The van der Waals surface area contributed by atoms with Crippen molar-refractivity contribution in [2.24, 2.45) is 0 Å². The number of carbonyl (C=O) groups is 2. The molecule has 1 aromatic rings. The number of carbonyl (C=O) groups excluding carboxylic acids is 2. The third-order valence-corrected chi connectivity index (χ3v) is 3.15. The summed E-state index contributed by atoms with van der Waals surface area (Å²) < 4.78 is 0. The van der Waals surface area contributed by atoms with Crippen molar-refractivity contribution in [3.05, 3.63) is 33.8 Å². The predicted octanol–water partition coefficient (Wildman–Crippen LogP) is 0.854. The van der Waals surface area contributed by atoms with E-state index in [2.05, 4.69) is 10.6 Å². The summed E-state index contributed by atoms with van der Waals surface area (Å²) in [5.74, 6) is -0.335. The van der Waals surface area contributed by atoms with Crippen LogP contribution in [0.1, 0.15) is 12.5 Å². The van der Waals surface area contributed by atoms with Crippen LogP contribution in [-0.2, 0) is 11.3 Å². The van der Waals surface area contributed by atoms with E-state index in [4.69, 9.17) is 23.2 Å². The van der Waals surface area contributed by atoms with Gasteiger partial charge in [0.2, 0.25) is 0 Å². The molecule has 0 fully saturated rings. The van der Waals surface area contributed by atoms with Crippen LogP contribution in [0.5, 0.6) is 0 Å². The van der Waals surface area contributed by atoms with Crippen molar-refractivity contribution in [1.29, 1.82) is 0 Å². The van der Waals surface area contributed by atoms with E-state index in [-0.39, 0.29) is 12.5 Å². The summed E-state index contributed by atoms with van der Waals surface area (Å²) in [6.07, 6.45) is 0. The van der Waals surface area contributed by atoms with Gasteiger partial charge in [-0.2, -0.15) is 0 Å². The SMILES string of the molecule is CCNC(=O)NC(=O)C[NH+](C)Cc1ccc(Cl)cc1Cl. The van der Waals surface area contributed by atoms with Gasteiger partial charge in [-0.15, -0.1) is 0 Å². The van der Waals surface area contributed by atoms with Gasteiger partial charge >= 0.3 is 6.03 Å². The topological polar surface area (TPSA) is 62.6 Å². The van der Waals surface area contributed by atoms with Crippen LogP contribution in [0.3, 0.4) is 0 Å². The molecule has 0 aliphatic carbocycles. The molecule has 3 N–H and O–H groups in total. The molecule has 0 aliphatic heterocycles. The van der Waals surface area contributed by atoms with Crippen molar-refractivity contribution in [1.82, 2.24) is 10.6 Å². The molecule has 0 spiro atoms. The lowest BCUT2D eigenvalue weighted by molar-refractivity contribution is -0.885. The first kappa shape index (κ1) is 16.8.